The highest BCUT2D eigenvalue weighted by Gasteiger charge is 2.21. The number of hydrogen-bond acceptors (Lipinski definition) is 2. The third-order valence-electron chi connectivity index (χ3n) is 3.19. The molecule has 0 saturated heterocycles. The summed E-state index contributed by atoms with van der Waals surface area (Å²) in [5.41, 5.74) is 3.36. The first-order valence-electron chi connectivity index (χ1n) is 5.88. The first-order chi connectivity index (χ1) is 7.61. The Balaban J connectivity index is 2.94. The molecule has 0 fully saturated rings. The molecule has 1 aromatic rings. The molecule has 0 radical (unpaired) electrons. The molecule has 0 bridgehead atoms. The zero-order chi connectivity index (χ0) is 12.1. The highest BCUT2D eigenvalue weighted by Crippen LogP contribution is 2.26. The van der Waals surface area contributed by atoms with Crippen molar-refractivity contribution in [3.8, 4) is 0 Å². The Hall–Kier alpha value is -0.860. The molecule has 0 aliphatic heterocycles. The lowest BCUT2D eigenvalue weighted by Crippen LogP contribution is -2.21. The average molecular weight is 222 g/mol. The van der Waals surface area contributed by atoms with Gasteiger partial charge in [0, 0.05) is 7.11 Å². The second-order valence-electron chi connectivity index (χ2n) is 4.30. The van der Waals surface area contributed by atoms with Crippen molar-refractivity contribution in [2.24, 2.45) is 0 Å². The van der Waals surface area contributed by atoms with Gasteiger partial charge in [-0.05, 0) is 37.0 Å². The Morgan fingerprint density at radius 2 is 2.00 bits per heavy atom. The molecule has 0 aromatic heterocycles. The fraction of sp³-hybridized carbons (Fsp3) is 0.571. The smallest absolute Gasteiger partial charge is 0.105 e. The number of aliphatic hydroxyl groups excluding tert-OH is 1. The Labute approximate surface area is 98.3 Å². The number of rotatable bonds is 5. The second-order valence-corrected chi connectivity index (χ2v) is 4.30. The van der Waals surface area contributed by atoms with E-state index >= 15 is 0 Å². The molecule has 0 aliphatic rings. The molecule has 2 nitrogen and oxygen atoms in total. The summed E-state index contributed by atoms with van der Waals surface area (Å²) in [5.74, 6) is 0. The maximum Gasteiger partial charge on any atom is 0.105 e. The number of methoxy groups -OCH3 is 1. The molecular formula is C14H22O2. The van der Waals surface area contributed by atoms with Crippen LogP contribution in [0.15, 0.2) is 18.2 Å². The van der Waals surface area contributed by atoms with Crippen LogP contribution in [0, 0.1) is 13.8 Å². The van der Waals surface area contributed by atoms with Crippen LogP contribution in [0.2, 0.25) is 0 Å². The highest BCUT2D eigenvalue weighted by molar-refractivity contribution is 5.35. The predicted octanol–water partition coefficient (Wildman–Crippen LogP) is 3.15. The van der Waals surface area contributed by atoms with E-state index in [1.165, 1.54) is 5.56 Å². The van der Waals surface area contributed by atoms with E-state index in [4.69, 9.17) is 4.74 Å². The monoisotopic (exact) mass is 222 g/mol. The largest absolute Gasteiger partial charge is 0.386 e. The van der Waals surface area contributed by atoms with Crippen molar-refractivity contribution in [3.63, 3.8) is 0 Å². The van der Waals surface area contributed by atoms with E-state index in [1.54, 1.807) is 7.11 Å². The van der Waals surface area contributed by atoms with Crippen LogP contribution in [-0.2, 0) is 4.74 Å². The van der Waals surface area contributed by atoms with E-state index in [2.05, 4.69) is 19.9 Å². The van der Waals surface area contributed by atoms with Crippen molar-refractivity contribution in [1.29, 1.82) is 0 Å². The zero-order valence-electron chi connectivity index (χ0n) is 10.7. The van der Waals surface area contributed by atoms with Gasteiger partial charge in [-0.1, -0.05) is 31.5 Å². The standard InChI is InChI=1S/C14H22O2/c1-5-7-13(16-4)14(15)12-9-6-8-10(2)11(12)3/h6,8-9,13-15H,5,7H2,1-4H3. The zero-order valence-corrected chi connectivity index (χ0v) is 10.7. The minimum absolute atomic E-state index is 0.106. The van der Waals surface area contributed by atoms with Crippen molar-refractivity contribution in [2.75, 3.05) is 7.11 Å². The van der Waals surface area contributed by atoms with E-state index in [9.17, 15) is 5.11 Å². The summed E-state index contributed by atoms with van der Waals surface area (Å²) in [6.07, 6.45) is 1.27. The van der Waals surface area contributed by atoms with Crippen molar-refractivity contribution >= 4 is 0 Å². The maximum atomic E-state index is 10.3. The summed E-state index contributed by atoms with van der Waals surface area (Å²) < 4.78 is 5.35. The molecule has 16 heavy (non-hydrogen) atoms. The van der Waals surface area contributed by atoms with E-state index in [0.717, 1.165) is 24.0 Å². The molecule has 0 aliphatic carbocycles. The minimum Gasteiger partial charge on any atom is -0.386 e. The van der Waals surface area contributed by atoms with Gasteiger partial charge in [0.25, 0.3) is 0 Å². The van der Waals surface area contributed by atoms with Gasteiger partial charge in [-0.25, -0.2) is 0 Å². The van der Waals surface area contributed by atoms with Gasteiger partial charge in [0.1, 0.15) is 6.10 Å². The molecular weight excluding hydrogens is 200 g/mol. The van der Waals surface area contributed by atoms with Gasteiger partial charge in [-0.3, -0.25) is 0 Å². The lowest BCUT2D eigenvalue weighted by molar-refractivity contribution is -0.0182. The lowest BCUT2D eigenvalue weighted by Gasteiger charge is -2.23. The summed E-state index contributed by atoms with van der Waals surface area (Å²) in [6, 6.07) is 6.03. The van der Waals surface area contributed by atoms with E-state index < -0.39 is 6.10 Å². The summed E-state index contributed by atoms with van der Waals surface area (Å²) in [5, 5.41) is 10.3. The average Bonchev–Trinajstić information content (AvgIpc) is 2.29. The Bertz CT molecular complexity index is 334. The fourth-order valence-electron chi connectivity index (χ4n) is 1.98. The number of ether oxygens (including phenoxy) is 1. The predicted molar refractivity (Wildman–Crippen MR) is 66.6 cm³/mol. The van der Waals surface area contributed by atoms with Gasteiger partial charge in [0.05, 0.1) is 6.10 Å². The molecule has 2 heteroatoms. The van der Waals surface area contributed by atoms with Gasteiger partial charge in [-0.15, -0.1) is 0 Å². The summed E-state index contributed by atoms with van der Waals surface area (Å²) in [6.45, 7) is 6.21. The van der Waals surface area contributed by atoms with Crippen LogP contribution in [0.5, 0.6) is 0 Å². The molecule has 1 rings (SSSR count). The molecule has 0 spiro atoms. The Morgan fingerprint density at radius 3 is 2.56 bits per heavy atom. The third-order valence-corrected chi connectivity index (χ3v) is 3.19. The second kappa shape index (κ2) is 6.02. The fourth-order valence-corrected chi connectivity index (χ4v) is 1.98. The lowest BCUT2D eigenvalue weighted by atomic mass is 9.94. The molecule has 0 saturated carbocycles. The molecule has 0 heterocycles. The quantitative estimate of drug-likeness (QED) is 0.829. The maximum absolute atomic E-state index is 10.3. The molecule has 1 aromatic carbocycles. The number of aliphatic hydroxyl groups is 1. The Morgan fingerprint density at radius 1 is 1.31 bits per heavy atom. The molecule has 2 atom stereocenters. The van der Waals surface area contributed by atoms with Gasteiger partial charge in [0.15, 0.2) is 0 Å². The number of aryl methyl sites for hydroxylation is 1. The van der Waals surface area contributed by atoms with E-state index in [0.29, 0.717) is 0 Å². The summed E-state index contributed by atoms with van der Waals surface area (Å²) in [7, 11) is 1.66. The Kier molecular flexibility index (Phi) is 4.97. The first-order valence-corrected chi connectivity index (χ1v) is 5.88. The SMILES string of the molecule is CCCC(OC)C(O)c1cccc(C)c1C. The highest BCUT2D eigenvalue weighted by atomic mass is 16.5. The van der Waals surface area contributed by atoms with Crippen LogP contribution in [0.4, 0.5) is 0 Å². The van der Waals surface area contributed by atoms with Gasteiger partial charge < -0.3 is 9.84 Å². The van der Waals surface area contributed by atoms with Crippen LogP contribution < -0.4 is 0 Å². The van der Waals surface area contributed by atoms with E-state index in [-0.39, 0.29) is 6.10 Å². The molecule has 90 valence electrons. The summed E-state index contributed by atoms with van der Waals surface area (Å²) >= 11 is 0. The molecule has 0 amide bonds. The van der Waals surface area contributed by atoms with Crippen LogP contribution in [0.1, 0.15) is 42.6 Å². The van der Waals surface area contributed by atoms with Gasteiger partial charge in [0.2, 0.25) is 0 Å². The van der Waals surface area contributed by atoms with Crippen molar-refractivity contribution in [3.05, 3.63) is 34.9 Å². The topological polar surface area (TPSA) is 29.5 Å². The normalized spacial score (nSPS) is 14.8. The number of hydrogen-bond donors (Lipinski definition) is 1. The van der Waals surface area contributed by atoms with Crippen LogP contribution in [0.25, 0.3) is 0 Å². The number of benzene rings is 1. The van der Waals surface area contributed by atoms with Crippen LogP contribution >= 0.6 is 0 Å². The minimum atomic E-state index is -0.523. The van der Waals surface area contributed by atoms with Crippen LogP contribution in [-0.4, -0.2) is 18.3 Å². The molecule has 2 unspecified atom stereocenters. The first kappa shape index (κ1) is 13.2. The third kappa shape index (κ3) is 2.83. The van der Waals surface area contributed by atoms with Crippen molar-refractivity contribution in [2.45, 2.75) is 45.8 Å². The van der Waals surface area contributed by atoms with Crippen molar-refractivity contribution < 1.29 is 9.84 Å². The van der Waals surface area contributed by atoms with Crippen molar-refractivity contribution in [1.82, 2.24) is 0 Å². The summed E-state index contributed by atoms with van der Waals surface area (Å²) in [4.78, 5) is 0. The van der Waals surface area contributed by atoms with Crippen LogP contribution in [0.3, 0.4) is 0 Å². The van der Waals surface area contributed by atoms with Gasteiger partial charge >= 0.3 is 0 Å². The van der Waals surface area contributed by atoms with Gasteiger partial charge in [-0.2, -0.15) is 0 Å². The molecule has 1 N–H and O–H groups in total. The van der Waals surface area contributed by atoms with E-state index in [1.807, 2.05) is 19.1 Å².